The molecule has 0 spiro atoms. The molecule has 2 heteroatoms. The smallest absolute Gasteiger partial charge is 0.0491 e. The molecule has 0 aliphatic carbocycles. The Morgan fingerprint density at radius 2 is 1.82 bits per heavy atom. The van der Waals surface area contributed by atoms with Crippen molar-refractivity contribution in [2.45, 2.75) is 33.6 Å². The van der Waals surface area contributed by atoms with Crippen LogP contribution in [0, 0.1) is 5.92 Å². The minimum atomic E-state index is 0.814. The molecule has 1 aliphatic heterocycles. The van der Waals surface area contributed by atoms with E-state index in [1.165, 1.54) is 12.8 Å². The van der Waals surface area contributed by atoms with Crippen LogP contribution in [0.25, 0.3) is 0 Å². The van der Waals surface area contributed by atoms with Gasteiger partial charge in [0.1, 0.15) is 0 Å². The van der Waals surface area contributed by atoms with Crippen molar-refractivity contribution in [2.75, 3.05) is 20.3 Å². The van der Waals surface area contributed by atoms with Crippen LogP contribution in [0.5, 0.6) is 0 Å². The molecule has 0 aromatic rings. The first-order valence-corrected chi connectivity index (χ1v) is 4.42. The molecule has 1 saturated heterocycles. The molecule has 0 bridgehead atoms. The lowest BCUT2D eigenvalue weighted by Crippen LogP contribution is -2.13. The second kappa shape index (κ2) is 12.6. The van der Waals surface area contributed by atoms with E-state index in [2.05, 4.69) is 6.92 Å². The van der Waals surface area contributed by atoms with Crippen molar-refractivity contribution in [1.29, 1.82) is 0 Å². The van der Waals surface area contributed by atoms with E-state index in [1.54, 1.807) is 0 Å². The lowest BCUT2D eigenvalue weighted by Gasteiger charge is -2.16. The van der Waals surface area contributed by atoms with Gasteiger partial charge in [-0.25, -0.2) is 0 Å². The summed E-state index contributed by atoms with van der Waals surface area (Å²) in [6.45, 7) is 8.21. The highest BCUT2D eigenvalue weighted by Crippen LogP contribution is 2.10. The fraction of sp³-hybridized carbons (Fsp3) is 1.00. The summed E-state index contributed by atoms with van der Waals surface area (Å²) in [6.07, 6.45) is 2.63. The van der Waals surface area contributed by atoms with Gasteiger partial charge in [0, 0.05) is 20.3 Å². The summed E-state index contributed by atoms with van der Waals surface area (Å²) in [4.78, 5) is 0. The highest BCUT2D eigenvalue weighted by molar-refractivity contribution is 4.55. The van der Waals surface area contributed by atoms with Gasteiger partial charge >= 0.3 is 0 Å². The van der Waals surface area contributed by atoms with Crippen molar-refractivity contribution >= 4 is 0 Å². The van der Waals surface area contributed by atoms with Crippen molar-refractivity contribution in [3.8, 4) is 0 Å². The van der Waals surface area contributed by atoms with Gasteiger partial charge in [-0.3, -0.25) is 0 Å². The van der Waals surface area contributed by atoms with Crippen LogP contribution < -0.4 is 0 Å². The molecule has 1 atom stereocenters. The molecule has 0 amide bonds. The van der Waals surface area contributed by atoms with Crippen molar-refractivity contribution in [2.24, 2.45) is 5.92 Å². The Morgan fingerprint density at radius 3 is 2.00 bits per heavy atom. The highest BCUT2D eigenvalue weighted by Gasteiger charge is 2.06. The summed E-state index contributed by atoms with van der Waals surface area (Å²) < 4.78 is 5.18. The summed E-state index contributed by atoms with van der Waals surface area (Å²) in [6, 6.07) is 0. The van der Waals surface area contributed by atoms with Gasteiger partial charge in [0.05, 0.1) is 0 Å². The molecule has 0 radical (unpaired) electrons. The van der Waals surface area contributed by atoms with Crippen LogP contribution in [0.3, 0.4) is 0 Å². The third-order valence-electron chi connectivity index (χ3n) is 1.39. The predicted octanol–water partition coefficient (Wildman–Crippen LogP) is 2.07. The maximum Gasteiger partial charge on any atom is 0.0491 e. The van der Waals surface area contributed by atoms with Gasteiger partial charge in [0.2, 0.25) is 0 Å². The summed E-state index contributed by atoms with van der Waals surface area (Å²) >= 11 is 0. The molecular formula is C9H22O2. The largest absolute Gasteiger partial charge is 0.400 e. The lowest BCUT2D eigenvalue weighted by molar-refractivity contribution is 0.0616. The number of ether oxygens (including phenoxy) is 1. The van der Waals surface area contributed by atoms with E-state index in [0.29, 0.717) is 0 Å². The zero-order valence-corrected chi connectivity index (χ0v) is 8.26. The molecule has 11 heavy (non-hydrogen) atoms. The van der Waals surface area contributed by atoms with E-state index in [-0.39, 0.29) is 0 Å². The van der Waals surface area contributed by atoms with Gasteiger partial charge < -0.3 is 9.84 Å². The topological polar surface area (TPSA) is 29.5 Å². The summed E-state index contributed by atoms with van der Waals surface area (Å²) in [5, 5.41) is 7.00. The number of aliphatic hydroxyl groups excluding tert-OH is 1. The zero-order valence-electron chi connectivity index (χ0n) is 8.26. The Hall–Kier alpha value is -0.0800. The van der Waals surface area contributed by atoms with Crippen LogP contribution in [0.1, 0.15) is 33.6 Å². The molecule has 1 heterocycles. The van der Waals surface area contributed by atoms with E-state index in [9.17, 15) is 0 Å². The van der Waals surface area contributed by atoms with Gasteiger partial charge in [-0.1, -0.05) is 20.8 Å². The monoisotopic (exact) mass is 162 g/mol. The van der Waals surface area contributed by atoms with E-state index < -0.39 is 0 Å². The average molecular weight is 162 g/mol. The SMILES string of the molecule is CC.CC1CCCOC1.CO. The number of hydrogen-bond acceptors (Lipinski definition) is 2. The van der Waals surface area contributed by atoms with Gasteiger partial charge in [0.15, 0.2) is 0 Å². The molecule has 2 nitrogen and oxygen atoms in total. The van der Waals surface area contributed by atoms with Gasteiger partial charge in [-0.15, -0.1) is 0 Å². The Morgan fingerprint density at radius 1 is 1.27 bits per heavy atom. The van der Waals surface area contributed by atoms with Crippen molar-refractivity contribution in [3.63, 3.8) is 0 Å². The Balaban J connectivity index is 0. The third kappa shape index (κ3) is 9.92. The first kappa shape index (κ1) is 13.5. The highest BCUT2D eigenvalue weighted by atomic mass is 16.5. The predicted molar refractivity (Wildman–Crippen MR) is 48.7 cm³/mol. The number of hydrogen-bond donors (Lipinski definition) is 1. The fourth-order valence-electron chi connectivity index (χ4n) is 0.902. The van der Waals surface area contributed by atoms with Crippen LogP contribution >= 0.6 is 0 Å². The summed E-state index contributed by atoms with van der Waals surface area (Å²) in [5.74, 6) is 0.814. The van der Waals surface area contributed by atoms with E-state index >= 15 is 0 Å². The van der Waals surface area contributed by atoms with Crippen LogP contribution in [-0.4, -0.2) is 25.4 Å². The van der Waals surface area contributed by atoms with Crippen molar-refractivity contribution in [1.82, 2.24) is 0 Å². The lowest BCUT2D eigenvalue weighted by atomic mass is 10.1. The van der Waals surface area contributed by atoms with Crippen LogP contribution in [0.2, 0.25) is 0 Å². The van der Waals surface area contributed by atoms with E-state index in [1.807, 2.05) is 13.8 Å². The molecule has 1 N–H and O–H groups in total. The van der Waals surface area contributed by atoms with E-state index in [0.717, 1.165) is 26.2 Å². The van der Waals surface area contributed by atoms with Gasteiger partial charge in [0.25, 0.3) is 0 Å². The van der Waals surface area contributed by atoms with Gasteiger partial charge in [-0.05, 0) is 18.8 Å². The normalized spacial score (nSPS) is 22.1. The van der Waals surface area contributed by atoms with Gasteiger partial charge in [-0.2, -0.15) is 0 Å². The Kier molecular flexibility index (Phi) is 15.4. The molecular weight excluding hydrogens is 140 g/mol. The van der Waals surface area contributed by atoms with Crippen LogP contribution in [0.15, 0.2) is 0 Å². The zero-order chi connectivity index (χ0) is 9.11. The molecule has 1 aliphatic rings. The number of aliphatic hydroxyl groups is 1. The van der Waals surface area contributed by atoms with E-state index in [4.69, 9.17) is 9.84 Å². The van der Waals surface area contributed by atoms with Crippen LogP contribution in [-0.2, 0) is 4.74 Å². The maximum atomic E-state index is 7.00. The molecule has 1 unspecified atom stereocenters. The minimum Gasteiger partial charge on any atom is -0.400 e. The average Bonchev–Trinajstić information content (AvgIpc) is 2.13. The molecule has 0 aromatic carbocycles. The Bertz CT molecular complexity index is 49.5. The Labute approximate surface area is 70.6 Å². The quantitative estimate of drug-likeness (QED) is 0.591. The minimum absolute atomic E-state index is 0.814. The standard InChI is InChI=1S/C6H12O.C2H6.CH4O/c1-6-3-2-4-7-5-6;2*1-2/h6H,2-5H2,1H3;1-2H3;2H,1H3. The molecule has 0 saturated carbocycles. The summed E-state index contributed by atoms with van der Waals surface area (Å²) in [7, 11) is 1.00. The molecule has 1 fully saturated rings. The first-order chi connectivity index (χ1) is 5.39. The molecule has 0 aromatic heterocycles. The number of rotatable bonds is 0. The van der Waals surface area contributed by atoms with Crippen LogP contribution in [0.4, 0.5) is 0 Å². The molecule has 70 valence electrons. The van der Waals surface area contributed by atoms with Crippen molar-refractivity contribution in [3.05, 3.63) is 0 Å². The second-order valence-corrected chi connectivity index (χ2v) is 2.32. The molecule has 1 rings (SSSR count). The van der Waals surface area contributed by atoms with Crippen molar-refractivity contribution < 1.29 is 9.84 Å². The fourth-order valence-corrected chi connectivity index (χ4v) is 0.902. The second-order valence-electron chi connectivity index (χ2n) is 2.32. The maximum absolute atomic E-state index is 7.00. The third-order valence-corrected chi connectivity index (χ3v) is 1.39. The summed E-state index contributed by atoms with van der Waals surface area (Å²) in [5.41, 5.74) is 0. The first-order valence-electron chi connectivity index (χ1n) is 4.42.